The molecule has 0 aliphatic rings. The first kappa shape index (κ1) is 11.7. The number of hydrogen-bond acceptors (Lipinski definition) is 2. The topological polar surface area (TPSA) is 18.5 Å². The minimum absolute atomic E-state index is 0.0224. The molecule has 15 heavy (non-hydrogen) atoms. The van der Waals surface area contributed by atoms with Gasteiger partial charge >= 0.3 is 6.18 Å². The van der Waals surface area contributed by atoms with Crippen molar-refractivity contribution < 1.29 is 22.6 Å². The van der Waals surface area contributed by atoms with E-state index in [-0.39, 0.29) is 17.7 Å². The van der Waals surface area contributed by atoms with Crippen LogP contribution in [0.25, 0.3) is 0 Å². The van der Waals surface area contributed by atoms with Crippen LogP contribution in [0, 0.1) is 6.42 Å². The molecule has 0 heterocycles. The molecule has 1 aromatic rings. The Hall–Kier alpha value is -1.39. The predicted octanol–water partition coefficient (Wildman–Crippen LogP) is 2.82. The Kier molecular flexibility index (Phi) is 3.44. The van der Waals surface area contributed by atoms with E-state index in [4.69, 9.17) is 9.47 Å². The highest BCUT2D eigenvalue weighted by Gasteiger charge is 2.29. The van der Waals surface area contributed by atoms with Crippen LogP contribution in [0.15, 0.2) is 18.2 Å². The minimum atomic E-state index is -4.36. The maximum Gasteiger partial charge on any atom is 0.396 e. The fourth-order valence-corrected chi connectivity index (χ4v) is 1.11. The van der Waals surface area contributed by atoms with Gasteiger partial charge in [0.15, 0.2) is 0 Å². The zero-order valence-corrected chi connectivity index (χ0v) is 8.26. The highest BCUT2D eigenvalue weighted by molar-refractivity contribution is 5.45. The summed E-state index contributed by atoms with van der Waals surface area (Å²) in [5.41, 5.74) is -0.0224. The van der Waals surface area contributed by atoms with Crippen LogP contribution in [0.3, 0.4) is 0 Å². The van der Waals surface area contributed by atoms with Gasteiger partial charge in [-0.2, -0.15) is 13.2 Å². The average molecular weight is 219 g/mol. The smallest absolute Gasteiger partial charge is 0.396 e. The molecule has 0 spiro atoms. The first-order valence-corrected chi connectivity index (χ1v) is 4.11. The molecule has 2 nitrogen and oxygen atoms in total. The molecular formula is C10H10F3O2. The molecule has 0 fully saturated rings. The van der Waals surface area contributed by atoms with Crippen molar-refractivity contribution in [2.45, 2.75) is 6.18 Å². The van der Waals surface area contributed by atoms with E-state index in [1.54, 1.807) is 0 Å². The van der Waals surface area contributed by atoms with Gasteiger partial charge in [-0.15, -0.1) is 0 Å². The van der Waals surface area contributed by atoms with E-state index in [1.165, 1.54) is 32.4 Å². The van der Waals surface area contributed by atoms with Crippen LogP contribution in [0.4, 0.5) is 13.2 Å². The number of alkyl halides is 3. The van der Waals surface area contributed by atoms with Gasteiger partial charge in [-0.25, -0.2) is 0 Å². The number of hydrogen-bond donors (Lipinski definition) is 0. The number of halogens is 3. The molecule has 1 rings (SSSR count). The first-order valence-electron chi connectivity index (χ1n) is 4.11. The fraction of sp³-hybridized carbons (Fsp3) is 0.300. The monoisotopic (exact) mass is 219 g/mol. The van der Waals surface area contributed by atoms with E-state index < -0.39 is 6.18 Å². The van der Waals surface area contributed by atoms with Gasteiger partial charge < -0.3 is 9.47 Å². The molecule has 0 N–H and O–H groups in total. The normalized spacial score (nSPS) is 11.3. The van der Waals surface area contributed by atoms with Crippen LogP contribution in [-0.2, 0) is 0 Å². The fourth-order valence-electron chi connectivity index (χ4n) is 1.11. The van der Waals surface area contributed by atoms with E-state index in [0.717, 1.165) is 0 Å². The van der Waals surface area contributed by atoms with Crippen LogP contribution in [0.5, 0.6) is 11.5 Å². The van der Waals surface area contributed by atoms with E-state index in [9.17, 15) is 13.2 Å². The van der Waals surface area contributed by atoms with Crippen molar-refractivity contribution in [3.63, 3.8) is 0 Å². The summed E-state index contributed by atoms with van der Waals surface area (Å²) in [5, 5.41) is 0. The molecule has 0 saturated heterocycles. The lowest BCUT2D eigenvalue weighted by Gasteiger charge is -2.11. The number of methoxy groups -OCH3 is 2. The first-order chi connectivity index (χ1) is 6.96. The lowest BCUT2D eigenvalue weighted by molar-refractivity contribution is -0.0929. The quantitative estimate of drug-likeness (QED) is 0.778. The molecule has 83 valence electrons. The van der Waals surface area contributed by atoms with Crippen LogP contribution in [0.1, 0.15) is 5.56 Å². The summed E-state index contributed by atoms with van der Waals surface area (Å²) in [6, 6.07) is 4.14. The van der Waals surface area contributed by atoms with E-state index in [2.05, 4.69) is 0 Å². The Morgan fingerprint density at radius 2 is 1.80 bits per heavy atom. The van der Waals surface area contributed by atoms with Crippen molar-refractivity contribution in [1.82, 2.24) is 0 Å². The summed E-state index contributed by atoms with van der Waals surface area (Å²) in [4.78, 5) is 0. The second kappa shape index (κ2) is 4.42. The standard InChI is InChI=1S/C10H10F3O2/c1-14-8-4-3-7(6-10(11,12)13)9(5-8)15-2/h3-6H,1-2H3. The lowest BCUT2D eigenvalue weighted by Crippen LogP contribution is -2.09. The zero-order valence-electron chi connectivity index (χ0n) is 8.26. The Balaban J connectivity index is 2.97. The Morgan fingerprint density at radius 1 is 1.13 bits per heavy atom. The third-order valence-corrected chi connectivity index (χ3v) is 1.76. The summed E-state index contributed by atoms with van der Waals surface area (Å²) in [6.45, 7) is 0. The van der Waals surface area contributed by atoms with Crippen molar-refractivity contribution in [1.29, 1.82) is 0 Å². The van der Waals surface area contributed by atoms with Gasteiger partial charge in [-0.1, -0.05) is 6.07 Å². The molecule has 0 atom stereocenters. The molecule has 0 bridgehead atoms. The van der Waals surface area contributed by atoms with Crippen molar-refractivity contribution in [2.24, 2.45) is 0 Å². The van der Waals surface area contributed by atoms with Crippen molar-refractivity contribution in [2.75, 3.05) is 14.2 Å². The van der Waals surface area contributed by atoms with Crippen LogP contribution >= 0.6 is 0 Å². The third kappa shape index (κ3) is 3.34. The number of rotatable bonds is 3. The highest BCUT2D eigenvalue weighted by atomic mass is 19.4. The second-order valence-corrected chi connectivity index (χ2v) is 2.79. The largest absolute Gasteiger partial charge is 0.497 e. The van der Waals surface area contributed by atoms with Gasteiger partial charge in [0.1, 0.15) is 11.5 Å². The third-order valence-electron chi connectivity index (χ3n) is 1.76. The lowest BCUT2D eigenvalue weighted by atomic mass is 10.1. The molecule has 0 unspecified atom stereocenters. The molecular weight excluding hydrogens is 209 g/mol. The van der Waals surface area contributed by atoms with Crippen molar-refractivity contribution in [3.8, 4) is 11.5 Å². The molecule has 1 radical (unpaired) electrons. The van der Waals surface area contributed by atoms with Crippen LogP contribution in [-0.4, -0.2) is 20.4 Å². The molecule has 0 aliphatic carbocycles. The summed E-state index contributed by atoms with van der Waals surface area (Å²) in [6.07, 6.45) is -4.17. The SMILES string of the molecule is COc1ccc([CH]C(F)(F)F)c(OC)c1. The Bertz CT molecular complexity index is 334. The molecule has 0 aromatic heterocycles. The maximum atomic E-state index is 12.1. The maximum absolute atomic E-state index is 12.1. The number of ether oxygens (including phenoxy) is 2. The van der Waals surface area contributed by atoms with E-state index in [1.807, 2.05) is 0 Å². The van der Waals surface area contributed by atoms with Gasteiger partial charge in [0.05, 0.1) is 20.6 Å². The second-order valence-electron chi connectivity index (χ2n) is 2.79. The zero-order chi connectivity index (χ0) is 11.5. The highest BCUT2D eigenvalue weighted by Crippen LogP contribution is 2.31. The van der Waals surface area contributed by atoms with Gasteiger partial charge in [0, 0.05) is 11.6 Å². The summed E-state index contributed by atoms with van der Waals surface area (Å²) < 4.78 is 46.0. The van der Waals surface area contributed by atoms with Crippen molar-refractivity contribution in [3.05, 3.63) is 30.2 Å². The van der Waals surface area contributed by atoms with Gasteiger partial charge in [-0.05, 0) is 6.07 Å². The van der Waals surface area contributed by atoms with E-state index >= 15 is 0 Å². The summed E-state index contributed by atoms with van der Waals surface area (Å²) in [7, 11) is 2.74. The van der Waals surface area contributed by atoms with Crippen LogP contribution in [0.2, 0.25) is 0 Å². The van der Waals surface area contributed by atoms with Crippen LogP contribution < -0.4 is 9.47 Å². The molecule has 0 saturated carbocycles. The molecule has 5 heteroatoms. The average Bonchev–Trinajstić information content (AvgIpc) is 2.16. The van der Waals surface area contributed by atoms with Gasteiger partial charge in [0.25, 0.3) is 0 Å². The molecule has 0 amide bonds. The van der Waals surface area contributed by atoms with E-state index in [0.29, 0.717) is 5.75 Å². The Morgan fingerprint density at radius 3 is 2.27 bits per heavy atom. The number of benzene rings is 1. The molecule has 1 aromatic carbocycles. The molecule has 0 aliphatic heterocycles. The summed E-state index contributed by atoms with van der Waals surface area (Å²) in [5.74, 6) is 0.581. The Labute approximate surface area is 85.6 Å². The predicted molar refractivity (Wildman–Crippen MR) is 49.0 cm³/mol. The van der Waals surface area contributed by atoms with Gasteiger partial charge in [-0.3, -0.25) is 0 Å². The minimum Gasteiger partial charge on any atom is -0.497 e. The van der Waals surface area contributed by atoms with Gasteiger partial charge in [0.2, 0.25) is 0 Å². The summed E-state index contributed by atoms with van der Waals surface area (Å²) >= 11 is 0. The van der Waals surface area contributed by atoms with Crippen molar-refractivity contribution >= 4 is 0 Å².